The zero-order valence-corrected chi connectivity index (χ0v) is 13.3. The first kappa shape index (κ1) is 16.4. The van der Waals surface area contributed by atoms with Crippen molar-refractivity contribution < 1.29 is 9.50 Å². The summed E-state index contributed by atoms with van der Waals surface area (Å²) in [6.07, 6.45) is 0.424. The van der Waals surface area contributed by atoms with Crippen LogP contribution in [-0.4, -0.2) is 22.8 Å². The van der Waals surface area contributed by atoms with Gasteiger partial charge in [0.1, 0.15) is 5.82 Å². The van der Waals surface area contributed by atoms with Crippen LogP contribution in [0.15, 0.2) is 58.3 Å². The van der Waals surface area contributed by atoms with Gasteiger partial charge < -0.3 is 10.1 Å². The van der Waals surface area contributed by atoms with Crippen LogP contribution in [0.1, 0.15) is 17.2 Å². The predicted octanol–water partition coefficient (Wildman–Crippen LogP) is 3.47. The second kappa shape index (κ2) is 6.95. The maximum absolute atomic E-state index is 13.4. The van der Waals surface area contributed by atoms with Gasteiger partial charge in [-0.15, -0.1) is 0 Å². The SMILES string of the molecule is O=c1[nH]c2ccccc2cc1C=NCC(O)c1ccc(Cl)c(F)c1. The highest BCUT2D eigenvalue weighted by atomic mass is 35.5. The van der Waals surface area contributed by atoms with Crippen molar-refractivity contribution in [1.29, 1.82) is 0 Å². The number of hydrogen-bond donors (Lipinski definition) is 2. The summed E-state index contributed by atoms with van der Waals surface area (Å²) in [4.78, 5) is 18.8. The minimum Gasteiger partial charge on any atom is -0.386 e. The van der Waals surface area contributed by atoms with Crippen molar-refractivity contribution in [3.05, 3.63) is 80.9 Å². The maximum Gasteiger partial charge on any atom is 0.257 e. The molecular weight excluding hydrogens is 331 g/mol. The molecule has 2 aromatic carbocycles. The Balaban J connectivity index is 1.77. The van der Waals surface area contributed by atoms with E-state index in [-0.39, 0.29) is 17.1 Å². The van der Waals surface area contributed by atoms with Crippen LogP contribution >= 0.6 is 11.6 Å². The third-order valence-electron chi connectivity index (χ3n) is 3.62. The van der Waals surface area contributed by atoms with E-state index < -0.39 is 11.9 Å². The predicted molar refractivity (Wildman–Crippen MR) is 93.4 cm³/mol. The number of hydrogen-bond acceptors (Lipinski definition) is 3. The van der Waals surface area contributed by atoms with Gasteiger partial charge in [0.05, 0.1) is 23.2 Å². The zero-order valence-electron chi connectivity index (χ0n) is 12.5. The molecule has 2 N–H and O–H groups in total. The third-order valence-corrected chi connectivity index (χ3v) is 3.93. The summed E-state index contributed by atoms with van der Waals surface area (Å²) in [5.41, 5.74) is 1.26. The Kier molecular flexibility index (Phi) is 4.74. The molecule has 6 heteroatoms. The van der Waals surface area contributed by atoms with Crippen LogP contribution in [0.2, 0.25) is 5.02 Å². The van der Waals surface area contributed by atoms with E-state index >= 15 is 0 Å². The number of pyridine rings is 1. The van der Waals surface area contributed by atoms with Crippen LogP contribution in [0.25, 0.3) is 10.9 Å². The molecule has 0 bridgehead atoms. The summed E-state index contributed by atoms with van der Waals surface area (Å²) >= 11 is 5.61. The van der Waals surface area contributed by atoms with Crippen LogP contribution in [0.5, 0.6) is 0 Å². The molecule has 0 saturated carbocycles. The van der Waals surface area contributed by atoms with Crippen LogP contribution in [0.3, 0.4) is 0 Å². The van der Waals surface area contributed by atoms with Gasteiger partial charge in [-0.1, -0.05) is 35.9 Å². The molecule has 1 atom stereocenters. The Labute approximate surface area is 142 Å². The summed E-state index contributed by atoms with van der Waals surface area (Å²) in [6.45, 7) is 0.00728. The van der Waals surface area contributed by atoms with Gasteiger partial charge in [0.2, 0.25) is 0 Å². The summed E-state index contributed by atoms with van der Waals surface area (Å²) in [5, 5.41) is 10.9. The Hall–Kier alpha value is -2.50. The van der Waals surface area contributed by atoms with Crippen molar-refractivity contribution >= 4 is 28.7 Å². The van der Waals surface area contributed by atoms with Crippen LogP contribution < -0.4 is 5.56 Å². The molecule has 0 fully saturated rings. The molecule has 0 aliphatic heterocycles. The molecule has 122 valence electrons. The number of fused-ring (bicyclic) bond motifs is 1. The molecule has 0 saturated heterocycles. The van der Waals surface area contributed by atoms with Crippen molar-refractivity contribution in [1.82, 2.24) is 4.98 Å². The largest absolute Gasteiger partial charge is 0.386 e. The van der Waals surface area contributed by atoms with Gasteiger partial charge in [-0.05, 0) is 35.2 Å². The molecule has 0 aliphatic rings. The molecule has 3 aromatic rings. The van der Waals surface area contributed by atoms with Gasteiger partial charge in [0.15, 0.2) is 0 Å². The number of aromatic amines is 1. The van der Waals surface area contributed by atoms with E-state index in [0.717, 1.165) is 10.9 Å². The fourth-order valence-electron chi connectivity index (χ4n) is 2.34. The average Bonchev–Trinajstić information content (AvgIpc) is 2.57. The van der Waals surface area contributed by atoms with Crippen molar-refractivity contribution in [3.63, 3.8) is 0 Å². The second-order valence-corrected chi connectivity index (χ2v) is 5.73. The minimum atomic E-state index is -0.979. The molecule has 0 aliphatic carbocycles. The maximum atomic E-state index is 13.4. The number of benzene rings is 2. The number of para-hydroxylation sites is 1. The molecule has 1 aromatic heterocycles. The summed E-state index contributed by atoms with van der Waals surface area (Å²) in [7, 11) is 0. The Morgan fingerprint density at radius 2 is 2.04 bits per heavy atom. The lowest BCUT2D eigenvalue weighted by atomic mass is 10.1. The monoisotopic (exact) mass is 344 g/mol. The summed E-state index contributed by atoms with van der Waals surface area (Å²) < 4.78 is 13.4. The molecule has 0 spiro atoms. The van der Waals surface area contributed by atoms with E-state index in [9.17, 15) is 14.3 Å². The number of aliphatic hydroxyl groups excluding tert-OH is 1. The lowest BCUT2D eigenvalue weighted by Crippen LogP contribution is -2.12. The van der Waals surface area contributed by atoms with Crippen molar-refractivity contribution in [2.24, 2.45) is 4.99 Å². The lowest BCUT2D eigenvalue weighted by molar-refractivity contribution is 0.187. The number of halogens is 2. The molecule has 24 heavy (non-hydrogen) atoms. The molecule has 0 amide bonds. The molecular formula is C18H14ClFN2O2. The quantitative estimate of drug-likeness (QED) is 0.712. The van der Waals surface area contributed by atoms with Gasteiger partial charge in [0, 0.05) is 11.7 Å². The fourth-order valence-corrected chi connectivity index (χ4v) is 2.45. The number of nitrogens with zero attached hydrogens (tertiary/aromatic N) is 1. The summed E-state index contributed by atoms with van der Waals surface area (Å²) in [5.74, 6) is -0.594. The zero-order chi connectivity index (χ0) is 17.1. The van der Waals surface area contributed by atoms with Crippen molar-refractivity contribution in [2.45, 2.75) is 6.10 Å². The van der Waals surface area contributed by atoms with Crippen LogP contribution in [-0.2, 0) is 0 Å². The first-order chi connectivity index (χ1) is 11.5. The van der Waals surface area contributed by atoms with Gasteiger partial charge in [-0.25, -0.2) is 4.39 Å². The summed E-state index contributed by atoms with van der Waals surface area (Å²) in [6, 6.07) is 13.2. The molecule has 1 heterocycles. The number of aliphatic imine (C=N–C) groups is 1. The van der Waals surface area contributed by atoms with E-state index in [1.54, 1.807) is 6.07 Å². The smallest absolute Gasteiger partial charge is 0.257 e. The van der Waals surface area contributed by atoms with Gasteiger partial charge in [-0.3, -0.25) is 9.79 Å². The topological polar surface area (TPSA) is 65.5 Å². The van der Waals surface area contributed by atoms with E-state index in [2.05, 4.69) is 9.98 Å². The number of aromatic nitrogens is 1. The van der Waals surface area contributed by atoms with E-state index in [4.69, 9.17) is 11.6 Å². The Morgan fingerprint density at radius 3 is 2.83 bits per heavy atom. The van der Waals surface area contributed by atoms with E-state index in [1.165, 1.54) is 24.4 Å². The van der Waals surface area contributed by atoms with Crippen LogP contribution in [0, 0.1) is 5.82 Å². The third kappa shape index (κ3) is 3.53. The van der Waals surface area contributed by atoms with Crippen molar-refractivity contribution in [2.75, 3.05) is 6.54 Å². The second-order valence-electron chi connectivity index (χ2n) is 5.32. The first-order valence-corrected chi connectivity index (χ1v) is 7.67. The lowest BCUT2D eigenvalue weighted by Gasteiger charge is -2.08. The minimum absolute atomic E-state index is 0.00264. The molecule has 1 unspecified atom stereocenters. The van der Waals surface area contributed by atoms with Crippen molar-refractivity contribution in [3.8, 4) is 0 Å². The molecule has 4 nitrogen and oxygen atoms in total. The highest BCUT2D eigenvalue weighted by molar-refractivity contribution is 6.30. The van der Waals surface area contributed by atoms with Gasteiger partial charge in [0.25, 0.3) is 5.56 Å². The Bertz CT molecular complexity index is 969. The highest BCUT2D eigenvalue weighted by Crippen LogP contribution is 2.20. The number of H-pyrrole nitrogens is 1. The standard InChI is InChI=1S/C18H14ClFN2O2/c19-14-6-5-12(8-15(14)20)17(23)10-21-9-13-7-11-3-1-2-4-16(11)22-18(13)24/h1-9,17,23H,10H2,(H,22,24). The number of aliphatic hydroxyl groups is 1. The van der Waals surface area contributed by atoms with E-state index in [1.807, 2.05) is 24.3 Å². The normalized spacial score (nSPS) is 12.8. The number of rotatable bonds is 4. The molecule has 0 radical (unpaired) electrons. The fraction of sp³-hybridized carbons (Fsp3) is 0.111. The van der Waals surface area contributed by atoms with E-state index in [0.29, 0.717) is 11.1 Å². The Morgan fingerprint density at radius 1 is 1.25 bits per heavy atom. The van der Waals surface area contributed by atoms with Gasteiger partial charge in [-0.2, -0.15) is 0 Å². The average molecular weight is 345 g/mol. The van der Waals surface area contributed by atoms with Crippen LogP contribution in [0.4, 0.5) is 4.39 Å². The number of nitrogens with one attached hydrogen (secondary N) is 1. The first-order valence-electron chi connectivity index (χ1n) is 7.29. The molecule has 3 rings (SSSR count). The van der Waals surface area contributed by atoms with Gasteiger partial charge >= 0.3 is 0 Å². The highest BCUT2D eigenvalue weighted by Gasteiger charge is 2.09.